The van der Waals surface area contributed by atoms with Gasteiger partial charge in [-0.25, -0.2) is 4.98 Å². The number of likely N-dealkylation sites (tertiary alicyclic amines) is 1. The molecule has 1 aliphatic heterocycles. The number of anilines is 1. The predicted molar refractivity (Wildman–Crippen MR) is 68.2 cm³/mol. The Morgan fingerprint density at radius 2 is 1.94 bits per heavy atom. The first-order chi connectivity index (χ1) is 8.31. The Morgan fingerprint density at radius 3 is 2.47 bits per heavy atom. The first kappa shape index (κ1) is 11.9. The van der Waals surface area contributed by atoms with Gasteiger partial charge in [-0.15, -0.1) is 0 Å². The molecule has 4 heteroatoms. The summed E-state index contributed by atoms with van der Waals surface area (Å²) in [5, 5.41) is 2.95. The second-order valence-corrected chi connectivity index (χ2v) is 4.39. The Hall–Kier alpha value is -1.58. The Kier molecular flexibility index (Phi) is 3.96. The Balaban J connectivity index is 2.06. The lowest BCUT2D eigenvalue weighted by Gasteiger charge is -2.20. The van der Waals surface area contributed by atoms with Gasteiger partial charge in [0.05, 0.1) is 5.56 Å². The third-order valence-corrected chi connectivity index (χ3v) is 3.16. The van der Waals surface area contributed by atoms with Crippen LogP contribution in [0.4, 0.5) is 5.82 Å². The highest BCUT2D eigenvalue weighted by atomic mass is 16.2. The van der Waals surface area contributed by atoms with Gasteiger partial charge in [-0.3, -0.25) is 4.79 Å². The lowest BCUT2D eigenvalue weighted by molar-refractivity contribution is 0.0761. The standard InChI is InChI=1S/C13H19N3O/c1-14-12-7-6-11(10-15-12)13(17)16-8-4-2-3-5-9-16/h6-7,10H,2-5,8-9H2,1H3,(H,14,15). The highest BCUT2D eigenvalue weighted by molar-refractivity contribution is 5.94. The van der Waals surface area contributed by atoms with Gasteiger partial charge in [0.25, 0.3) is 5.91 Å². The Morgan fingerprint density at radius 1 is 1.24 bits per heavy atom. The van der Waals surface area contributed by atoms with Crippen molar-refractivity contribution in [3.8, 4) is 0 Å². The van der Waals surface area contributed by atoms with Crippen molar-refractivity contribution in [1.29, 1.82) is 0 Å². The fourth-order valence-corrected chi connectivity index (χ4v) is 2.12. The van der Waals surface area contributed by atoms with E-state index in [9.17, 15) is 4.79 Å². The van der Waals surface area contributed by atoms with E-state index in [2.05, 4.69) is 10.3 Å². The highest BCUT2D eigenvalue weighted by Crippen LogP contribution is 2.13. The number of nitrogens with one attached hydrogen (secondary N) is 1. The van der Waals surface area contributed by atoms with E-state index < -0.39 is 0 Å². The number of carbonyl (C=O) groups is 1. The number of carbonyl (C=O) groups excluding carboxylic acids is 1. The van der Waals surface area contributed by atoms with Crippen LogP contribution >= 0.6 is 0 Å². The van der Waals surface area contributed by atoms with Crippen LogP contribution in [0.2, 0.25) is 0 Å². The SMILES string of the molecule is CNc1ccc(C(=O)N2CCCCCC2)cn1. The molecule has 0 aromatic carbocycles. The lowest BCUT2D eigenvalue weighted by Crippen LogP contribution is -2.31. The number of aromatic nitrogens is 1. The number of pyridine rings is 1. The van der Waals surface area contributed by atoms with E-state index in [0.717, 1.165) is 31.7 Å². The smallest absolute Gasteiger partial charge is 0.255 e. The molecule has 1 aromatic rings. The van der Waals surface area contributed by atoms with Crippen LogP contribution in [0.5, 0.6) is 0 Å². The topological polar surface area (TPSA) is 45.2 Å². The first-order valence-electron chi connectivity index (χ1n) is 6.24. The van der Waals surface area contributed by atoms with E-state index in [1.54, 1.807) is 6.20 Å². The maximum atomic E-state index is 12.2. The molecule has 0 unspecified atom stereocenters. The minimum absolute atomic E-state index is 0.113. The number of hydrogen-bond acceptors (Lipinski definition) is 3. The van der Waals surface area contributed by atoms with Crippen molar-refractivity contribution in [2.24, 2.45) is 0 Å². The third kappa shape index (κ3) is 2.96. The summed E-state index contributed by atoms with van der Waals surface area (Å²) in [5.41, 5.74) is 0.686. The molecule has 0 spiro atoms. The molecule has 92 valence electrons. The van der Waals surface area contributed by atoms with Crippen molar-refractivity contribution in [3.63, 3.8) is 0 Å². The zero-order valence-corrected chi connectivity index (χ0v) is 10.3. The molecular formula is C13H19N3O. The van der Waals surface area contributed by atoms with Gasteiger partial charge in [0.15, 0.2) is 0 Å². The van der Waals surface area contributed by atoms with Crippen LogP contribution in [-0.2, 0) is 0 Å². The van der Waals surface area contributed by atoms with Gasteiger partial charge >= 0.3 is 0 Å². The van der Waals surface area contributed by atoms with Gasteiger partial charge in [-0.05, 0) is 25.0 Å². The summed E-state index contributed by atoms with van der Waals surface area (Å²) in [7, 11) is 1.82. The quantitative estimate of drug-likeness (QED) is 0.851. The zero-order chi connectivity index (χ0) is 12.1. The number of amides is 1. The fourth-order valence-electron chi connectivity index (χ4n) is 2.12. The van der Waals surface area contributed by atoms with Gasteiger partial charge < -0.3 is 10.2 Å². The van der Waals surface area contributed by atoms with Crippen LogP contribution in [0, 0.1) is 0 Å². The van der Waals surface area contributed by atoms with Crippen molar-refractivity contribution in [2.75, 3.05) is 25.5 Å². The fraction of sp³-hybridized carbons (Fsp3) is 0.538. The molecule has 1 N–H and O–H groups in total. The average molecular weight is 233 g/mol. The molecule has 4 nitrogen and oxygen atoms in total. The van der Waals surface area contributed by atoms with Gasteiger partial charge in [-0.2, -0.15) is 0 Å². The van der Waals surface area contributed by atoms with Crippen LogP contribution < -0.4 is 5.32 Å². The molecule has 0 atom stereocenters. The van der Waals surface area contributed by atoms with E-state index in [4.69, 9.17) is 0 Å². The summed E-state index contributed by atoms with van der Waals surface area (Å²) >= 11 is 0. The van der Waals surface area contributed by atoms with E-state index in [0.29, 0.717) is 5.56 Å². The molecule has 1 saturated heterocycles. The molecule has 2 heterocycles. The van der Waals surface area contributed by atoms with Crippen molar-refractivity contribution in [3.05, 3.63) is 23.9 Å². The molecule has 17 heavy (non-hydrogen) atoms. The Bertz CT molecular complexity index is 367. The second kappa shape index (κ2) is 5.66. The maximum absolute atomic E-state index is 12.2. The van der Waals surface area contributed by atoms with Crippen molar-refractivity contribution >= 4 is 11.7 Å². The van der Waals surface area contributed by atoms with Gasteiger partial charge in [0.2, 0.25) is 0 Å². The molecule has 1 aromatic heterocycles. The molecular weight excluding hydrogens is 214 g/mol. The normalized spacial score (nSPS) is 16.4. The van der Waals surface area contributed by atoms with E-state index >= 15 is 0 Å². The summed E-state index contributed by atoms with van der Waals surface area (Å²) < 4.78 is 0. The van der Waals surface area contributed by atoms with Crippen LogP contribution in [0.3, 0.4) is 0 Å². The van der Waals surface area contributed by atoms with E-state index in [1.165, 1.54) is 12.8 Å². The maximum Gasteiger partial charge on any atom is 0.255 e. The van der Waals surface area contributed by atoms with Crippen LogP contribution in [0.25, 0.3) is 0 Å². The molecule has 0 bridgehead atoms. The average Bonchev–Trinajstić information content (AvgIpc) is 2.67. The number of rotatable bonds is 2. The molecule has 0 aliphatic carbocycles. The molecule has 0 saturated carbocycles. The van der Waals surface area contributed by atoms with E-state index in [-0.39, 0.29) is 5.91 Å². The minimum atomic E-state index is 0.113. The van der Waals surface area contributed by atoms with Gasteiger partial charge in [0.1, 0.15) is 5.82 Å². The first-order valence-corrected chi connectivity index (χ1v) is 6.24. The molecule has 0 radical (unpaired) electrons. The van der Waals surface area contributed by atoms with Crippen molar-refractivity contribution < 1.29 is 4.79 Å². The van der Waals surface area contributed by atoms with Crippen molar-refractivity contribution in [1.82, 2.24) is 9.88 Å². The van der Waals surface area contributed by atoms with Gasteiger partial charge in [-0.1, -0.05) is 12.8 Å². The second-order valence-electron chi connectivity index (χ2n) is 4.39. The third-order valence-electron chi connectivity index (χ3n) is 3.16. The zero-order valence-electron chi connectivity index (χ0n) is 10.3. The number of nitrogens with zero attached hydrogens (tertiary/aromatic N) is 2. The summed E-state index contributed by atoms with van der Waals surface area (Å²) in [5.74, 6) is 0.902. The summed E-state index contributed by atoms with van der Waals surface area (Å²) in [4.78, 5) is 18.3. The van der Waals surface area contributed by atoms with Gasteiger partial charge in [0, 0.05) is 26.3 Å². The van der Waals surface area contributed by atoms with Crippen LogP contribution in [0.1, 0.15) is 36.0 Å². The summed E-state index contributed by atoms with van der Waals surface area (Å²) in [6.07, 6.45) is 6.36. The van der Waals surface area contributed by atoms with E-state index in [1.807, 2.05) is 24.1 Å². The predicted octanol–water partition coefficient (Wildman–Crippen LogP) is 2.14. The monoisotopic (exact) mass is 233 g/mol. The highest BCUT2D eigenvalue weighted by Gasteiger charge is 2.17. The number of hydrogen-bond donors (Lipinski definition) is 1. The van der Waals surface area contributed by atoms with Crippen LogP contribution in [-0.4, -0.2) is 35.9 Å². The molecule has 1 amide bonds. The minimum Gasteiger partial charge on any atom is -0.373 e. The Labute approximate surface area is 102 Å². The summed E-state index contributed by atoms with van der Waals surface area (Å²) in [6, 6.07) is 3.68. The summed E-state index contributed by atoms with van der Waals surface area (Å²) in [6.45, 7) is 1.76. The van der Waals surface area contributed by atoms with Crippen molar-refractivity contribution in [2.45, 2.75) is 25.7 Å². The molecule has 2 rings (SSSR count). The largest absolute Gasteiger partial charge is 0.373 e. The molecule has 1 fully saturated rings. The van der Waals surface area contributed by atoms with Crippen LogP contribution in [0.15, 0.2) is 18.3 Å². The lowest BCUT2D eigenvalue weighted by atomic mass is 10.2. The molecule has 1 aliphatic rings.